The Morgan fingerprint density at radius 1 is 1.04 bits per heavy atom. The van der Waals surface area contributed by atoms with Gasteiger partial charge in [-0.3, -0.25) is 15.0 Å². The van der Waals surface area contributed by atoms with Gasteiger partial charge in [-0.2, -0.15) is 5.10 Å². The molecule has 5 heteroatoms. The number of nitrogens with zero attached hydrogens (tertiary/aromatic N) is 1. The number of aryl methyl sites for hydroxylation is 2. The minimum atomic E-state index is -0.220. The van der Waals surface area contributed by atoms with Gasteiger partial charge in [0.1, 0.15) is 5.71 Å². The average Bonchev–Trinajstić information content (AvgIpc) is 2.54. The Morgan fingerprint density at radius 2 is 1.80 bits per heavy atom. The number of hydrogen-bond donors (Lipinski definition) is 2. The summed E-state index contributed by atoms with van der Waals surface area (Å²) in [5, 5.41) is 6.99. The third kappa shape index (κ3) is 3.50. The van der Waals surface area contributed by atoms with Crippen molar-refractivity contribution in [1.29, 1.82) is 0 Å². The lowest BCUT2D eigenvalue weighted by atomic mass is 9.91. The molecule has 0 aliphatic heterocycles. The average molecular weight is 333 g/mol. The van der Waals surface area contributed by atoms with E-state index in [1.807, 2.05) is 50.3 Å². The van der Waals surface area contributed by atoms with Crippen molar-refractivity contribution >= 4 is 34.9 Å². The summed E-state index contributed by atoms with van der Waals surface area (Å²) in [5.74, 6) is -0.436. The van der Waals surface area contributed by atoms with Crippen LogP contribution in [-0.2, 0) is 4.79 Å². The van der Waals surface area contributed by atoms with Crippen molar-refractivity contribution in [3.8, 4) is 0 Å². The number of hydrogen-bond acceptors (Lipinski definition) is 4. The molecule has 1 aliphatic carbocycles. The van der Waals surface area contributed by atoms with Crippen LogP contribution >= 0.6 is 0 Å². The monoisotopic (exact) mass is 333 g/mol. The lowest BCUT2D eigenvalue weighted by molar-refractivity contribution is -0.114. The molecule has 0 fully saturated rings. The topological polar surface area (TPSA) is 70.6 Å². The summed E-state index contributed by atoms with van der Waals surface area (Å²) in [7, 11) is 0. The molecule has 126 valence electrons. The van der Waals surface area contributed by atoms with E-state index in [0.717, 1.165) is 22.4 Å². The number of allylic oxidation sites excluding steroid dienone is 1. The van der Waals surface area contributed by atoms with E-state index in [-0.39, 0.29) is 11.7 Å². The number of ketones is 1. The number of hydrazone groups is 1. The molecule has 0 spiro atoms. The first-order valence-corrected chi connectivity index (χ1v) is 8.00. The highest BCUT2D eigenvalue weighted by atomic mass is 16.1. The molecular weight excluding hydrogens is 314 g/mol. The van der Waals surface area contributed by atoms with Crippen molar-refractivity contribution in [2.24, 2.45) is 5.10 Å². The molecule has 0 unspecified atom stereocenters. The summed E-state index contributed by atoms with van der Waals surface area (Å²) in [6.07, 6.45) is 3.53. The highest BCUT2D eigenvalue weighted by Gasteiger charge is 2.24. The number of para-hydroxylation sites is 1. The molecule has 1 amide bonds. The smallest absolute Gasteiger partial charge is 0.221 e. The number of carbonyl (C=O) groups excluding carboxylic acids is 2. The van der Waals surface area contributed by atoms with Gasteiger partial charge >= 0.3 is 0 Å². The Bertz CT molecular complexity index is 927. The van der Waals surface area contributed by atoms with Crippen molar-refractivity contribution in [3.63, 3.8) is 0 Å². The number of Topliss-reactive ketones (excluding diaryl/α,β-unsaturated/α-hetero) is 1. The maximum Gasteiger partial charge on any atom is 0.221 e. The van der Waals surface area contributed by atoms with Crippen LogP contribution in [0.1, 0.15) is 34.0 Å². The second-order valence-corrected chi connectivity index (χ2v) is 6.04. The van der Waals surface area contributed by atoms with Gasteiger partial charge in [-0.05, 0) is 48.7 Å². The van der Waals surface area contributed by atoms with Crippen molar-refractivity contribution in [2.45, 2.75) is 20.8 Å². The van der Waals surface area contributed by atoms with Crippen molar-refractivity contribution in [3.05, 3.63) is 64.7 Å². The second kappa shape index (κ2) is 6.73. The minimum absolute atomic E-state index is 0.216. The molecular formula is C20H19N3O2. The first-order chi connectivity index (χ1) is 12.0. The lowest BCUT2D eigenvalue weighted by Gasteiger charge is -2.17. The summed E-state index contributed by atoms with van der Waals surface area (Å²) in [6, 6.07) is 11.4. The number of carbonyl (C=O) groups is 2. The van der Waals surface area contributed by atoms with Crippen LogP contribution in [-0.4, -0.2) is 17.4 Å². The summed E-state index contributed by atoms with van der Waals surface area (Å²) in [6.45, 7) is 5.31. The third-order valence-corrected chi connectivity index (χ3v) is 3.95. The quantitative estimate of drug-likeness (QED) is 0.836. The Labute approximate surface area is 146 Å². The molecule has 1 aliphatic rings. The Hall–Kier alpha value is -3.21. The van der Waals surface area contributed by atoms with Crippen molar-refractivity contribution in [1.82, 2.24) is 0 Å². The van der Waals surface area contributed by atoms with Gasteiger partial charge < -0.3 is 5.32 Å². The van der Waals surface area contributed by atoms with Gasteiger partial charge in [-0.15, -0.1) is 0 Å². The predicted octanol–water partition coefficient (Wildman–Crippen LogP) is 3.94. The largest absolute Gasteiger partial charge is 0.326 e. The van der Waals surface area contributed by atoms with E-state index in [0.29, 0.717) is 17.0 Å². The van der Waals surface area contributed by atoms with E-state index in [2.05, 4.69) is 15.8 Å². The Balaban J connectivity index is 1.97. The number of benzene rings is 2. The molecule has 0 saturated carbocycles. The normalized spacial score (nSPS) is 14.4. The van der Waals surface area contributed by atoms with Crippen LogP contribution in [0.4, 0.5) is 11.4 Å². The molecule has 0 bridgehead atoms. The molecule has 0 atom stereocenters. The molecule has 0 radical (unpaired) electrons. The highest BCUT2D eigenvalue weighted by Crippen LogP contribution is 2.28. The second-order valence-electron chi connectivity index (χ2n) is 6.04. The van der Waals surface area contributed by atoms with Crippen LogP contribution in [0.3, 0.4) is 0 Å². The zero-order valence-electron chi connectivity index (χ0n) is 14.4. The van der Waals surface area contributed by atoms with Gasteiger partial charge in [-0.1, -0.05) is 30.3 Å². The van der Waals surface area contributed by atoms with Crippen LogP contribution in [0.2, 0.25) is 0 Å². The van der Waals surface area contributed by atoms with E-state index >= 15 is 0 Å². The summed E-state index contributed by atoms with van der Waals surface area (Å²) >= 11 is 0. The third-order valence-electron chi connectivity index (χ3n) is 3.95. The van der Waals surface area contributed by atoms with E-state index < -0.39 is 0 Å². The van der Waals surface area contributed by atoms with Crippen molar-refractivity contribution in [2.75, 3.05) is 10.7 Å². The zero-order valence-corrected chi connectivity index (χ0v) is 14.4. The molecule has 0 heterocycles. The molecule has 25 heavy (non-hydrogen) atoms. The van der Waals surface area contributed by atoms with Gasteiger partial charge in [0.25, 0.3) is 0 Å². The first-order valence-electron chi connectivity index (χ1n) is 8.00. The molecule has 0 aromatic heterocycles. The maximum atomic E-state index is 12.9. The van der Waals surface area contributed by atoms with Gasteiger partial charge in [0.2, 0.25) is 11.7 Å². The maximum absolute atomic E-state index is 12.9. The van der Waals surface area contributed by atoms with Crippen LogP contribution in [0.25, 0.3) is 6.08 Å². The molecule has 2 aromatic carbocycles. The zero-order chi connectivity index (χ0) is 18.0. The Morgan fingerprint density at radius 3 is 2.52 bits per heavy atom. The summed E-state index contributed by atoms with van der Waals surface area (Å²) in [5.41, 5.74) is 7.85. The number of amides is 1. The van der Waals surface area contributed by atoms with Crippen LogP contribution in [0.5, 0.6) is 0 Å². The minimum Gasteiger partial charge on any atom is -0.326 e. The Kier molecular flexibility index (Phi) is 4.48. The van der Waals surface area contributed by atoms with Crippen LogP contribution < -0.4 is 10.7 Å². The predicted molar refractivity (Wildman–Crippen MR) is 101 cm³/mol. The van der Waals surface area contributed by atoms with Crippen molar-refractivity contribution < 1.29 is 9.59 Å². The fourth-order valence-electron chi connectivity index (χ4n) is 2.77. The van der Waals surface area contributed by atoms with E-state index in [4.69, 9.17) is 0 Å². The van der Waals surface area contributed by atoms with Crippen LogP contribution in [0.15, 0.2) is 47.6 Å². The standard InChI is InChI=1S/C20H19N3O2/c1-12-10-15-8-9-17(23-22-16-7-5-4-6-13(16)2)20(25)19(15)18(11-12)21-14(3)24/h4-11,22H,1-3H3,(H,21,24)/b23-17-. The molecule has 0 saturated heterocycles. The number of anilines is 2. The van der Waals surface area contributed by atoms with E-state index in [1.165, 1.54) is 6.92 Å². The molecule has 2 aromatic rings. The number of rotatable bonds is 3. The van der Waals surface area contributed by atoms with E-state index in [1.54, 1.807) is 12.1 Å². The fourth-order valence-corrected chi connectivity index (χ4v) is 2.77. The number of nitrogens with one attached hydrogen (secondary N) is 2. The summed E-state index contributed by atoms with van der Waals surface area (Å²) < 4.78 is 0. The highest BCUT2D eigenvalue weighted by molar-refractivity contribution is 6.53. The molecule has 2 N–H and O–H groups in total. The van der Waals surface area contributed by atoms with E-state index in [9.17, 15) is 9.59 Å². The summed E-state index contributed by atoms with van der Waals surface area (Å²) in [4.78, 5) is 24.3. The number of fused-ring (bicyclic) bond motifs is 1. The fraction of sp³-hybridized carbons (Fsp3) is 0.150. The van der Waals surface area contributed by atoms with Gasteiger partial charge in [0.05, 0.1) is 16.9 Å². The first kappa shape index (κ1) is 16.6. The SMILES string of the molecule is CC(=O)Nc1cc(C)cc2c1C(=O)/C(=N\Nc1ccccc1C)C=C2. The molecule has 3 rings (SSSR count). The van der Waals surface area contributed by atoms with Gasteiger partial charge in [0.15, 0.2) is 0 Å². The van der Waals surface area contributed by atoms with Gasteiger partial charge in [-0.25, -0.2) is 0 Å². The van der Waals surface area contributed by atoms with Gasteiger partial charge in [0, 0.05) is 6.92 Å². The molecule has 5 nitrogen and oxygen atoms in total. The lowest BCUT2D eigenvalue weighted by Crippen LogP contribution is -2.21. The van der Waals surface area contributed by atoms with Crippen LogP contribution in [0, 0.1) is 13.8 Å².